The van der Waals surface area contributed by atoms with Gasteiger partial charge in [0.05, 0.1) is 17.8 Å². The Kier molecular flexibility index (Phi) is 2.58. The molecule has 60 valence electrons. The molecule has 0 radical (unpaired) electrons. The van der Waals surface area contributed by atoms with Crippen molar-refractivity contribution in [2.75, 3.05) is 7.11 Å². The van der Waals surface area contributed by atoms with E-state index in [4.69, 9.17) is 27.9 Å². The summed E-state index contributed by atoms with van der Waals surface area (Å²) in [5, 5.41) is 0.903. The monoisotopic (exact) mass is 191 g/mol. The van der Waals surface area contributed by atoms with Gasteiger partial charge in [-0.25, -0.2) is 4.98 Å². The minimum Gasteiger partial charge on any atom is -0.493 e. The molecular formula is C7H7Cl2NO. The minimum atomic E-state index is 0.342. The highest BCUT2D eigenvalue weighted by molar-refractivity contribution is 6.33. The Balaban J connectivity index is 3.21. The lowest BCUT2D eigenvalue weighted by molar-refractivity contribution is 0.413. The van der Waals surface area contributed by atoms with E-state index in [1.54, 1.807) is 13.0 Å². The van der Waals surface area contributed by atoms with Crippen molar-refractivity contribution in [1.29, 1.82) is 0 Å². The molecule has 0 amide bonds. The largest absolute Gasteiger partial charge is 0.493 e. The third-order valence-electron chi connectivity index (χ3n) is 1.29. The summed E-state index contributed by atoms with van der Waals surface area (Å²) in [7, 11) is 1.52. The smallest absolute Gasteiger partial charge is 0.171 e. The summed E-state index contributed by atoms with van der Waals surface area (Å²) in [6.07, 6.45) is 0. The van der Waals surface area contributed by atoms with Crippen LogP contribution in [0.1, 0.15) is 5.69 Å². The zero-order chi connectivity index (χ0) is 8.43. The van der Waals surface area contributed by atoms with Gasteiger partial charge in [0.15, 0.2) is 10.9 Å². The quantitative estimate of drug-likeness (QED) is 0.638. The Morgan fingerprint density at radius 2 is 2.09 bits per heavy atom. The van der Waals surface area contributed by atoms with Crippen LogP contribution >= 0.6 is 23.2 Å². The third-order valence-corrected chi connectivity index (χ3v) is 1.95. The highest BCUT2D eigenvalue weighted by Crippen LogP contribution is 2.26. The Labute approximate surface area is 75.1 Å². The summed E-state index contributed by atoms with van der Waals surface area (Å²) >= 11 is 11.5. The highest BCUT2D eigenvalue weighted by Gasteiger charge is 2.04. The summed E-state index contributed by atoms with van der Waals surface area (Å²) in [6, 6.07) is 1.65. The van der Waals surface area contributed by atoms with Crippen LogP contribution in [0.2, 0.25) is 10.2 Å². The second kappa shape index (κ2) is 3.28. The second-order valence-corrected chi connectivity index (χ2v) is 2.81. The number of hydrogen-bond acceptors (Lipinski definition) is 2. The van der Waals surface area contributed by atoms with Crippen LogP contribution in [-0.4, -0.2) is 12.1 Å². The maximum absolute atomic E-state index is 5.76. The van der Waals surface area contributed by atoms with E-state index in [-0.39, 0.29) is 0 Å². The topological polar surface area (TPSA) is 22.1 Å². The number of nitrogens with zero attached hydrogens (tertiary/aromatic N) is 1. The maximum Gasteiger partial charge on any atom is 0.171 e. The molecular weight excluding hydrogens is 185 g/mol. The molecule has 0 unspecified atom stereocenters. The van der Waals surface area contributed by atoms with Gasteiger partial charge in [0.1, 0.15) is 0 Å². The van der Waals surface area contributed by atoms with Crippen molar-refractivity contribution in [3.05, 3.63) is 21.9 Å². The van der Waals surface area contributed by atoms with Gasteiger partial charge in [0, 0.05) is 6.07 Å². The molecule has 4 heteroatoms. The number of aryl methyl sites for hydroxylation is 1. The Bertz CT molecular complexity index is 275. The van der Waals surface area contributed by atoms with E-state index in [2.05, 4.69) is 4.98 Å². The fraction of sp³-hybridized carbons (Fsp3) is 0.286. The van der Waals surface area contributed by atoms with Crippen molar-refractivity contribution in [2.45, 2.75) is 6.92 Å². The van der Waals surface area contributed by atoms with E-state index in [9.17, 15) is 0 Å². The van der Waals surface area contributed by atoms with Gasteiger partial charge in [0.25, 0.3) is 0 Å². The Morgan fingerprint density at radius 1 is 1.45 bits per heavy atom. The average molecular weight is 192 g/mol. The molecule has 0 fully saturated rings. The fourth-order valence-electron chi connectivity index (χ4n) is 0.678. The predicted molar refractivity (Wildman–Crippen MR) is 45.5 cm³/mol. The van der Waals surface area contributed by atoms with Gasteiger partial charge >= 0.3 is 0 Å². The molecule has 0 aliphatic carbocycles. The molecule has 0 saturated carbocycles. The van der Waals surface area contributed by atoms with Gasteiger partial charge in [0.2, 0.25) is 0 Å². The lowest BCUT2D eigenvalue weighted by Crippen LogP contribution is -1.89. The molecule has 0 bridgehead atoms. The van der Waals surface area contributed by atoms with E-state index < -0.39 is 0 Å². The van der Waals surface area contributed by atoms with E-state index in [1.807, 2.05) is 0 Å². The molecule has 0 aliphatic rings. The number of aromatic nitrogens is 1. The molecule has 1 heterocycles. The van der Waals surface area contributed by atoms with Crippen molar-refractivity contribution >= 4 is 23.2 Å². The number of ether oxygens (including phenoxy) is 1. The summed E-state index contributed by atoms with van der Waals surface area (Å²) in [6.45, 7) is 1.79. The lowest BCUT2D eigenvalue weighted by atomic mass is 10.4. The first kappa shape index (κ1) is 8.62. The lowest BCUT2D eigenvalue weighted by Gasteiger charge is -2.03. The first-order valence-electron chi connectivity index (χ1n) is 3.01. The van der Waals surface area contributed by atoms with Crippen molar-refractivity contribution in [3.63, 3.8) is 0 Å². The predicted octanol–water partition coefficient (Wildman–Crippen LogP) is 2.71. The number of hydrogen-bond donors (Lipinski definition) is 0. The van der Waals surface area contributed by atoms with Crippen LogP contribution in [0.5, 0.6) is 5.75 Å². The molecule has 11 heavy (non-hydrogen) atoms. The van der Waals surface area contributed by atoms with Crippen molar-refractivity contribution < 1.29 is 4.74 Å². The fourth-order valence-corrected chi connectivity index (χ4v) is 1.08. The molecule has 0 N–H and O–H groups in total. The molecule has 0 aromatic carbocycles. The van der Waals surface area contributed by atoms with Crippen molar-refractivity contribution in [1.82, 2.24) is 4.98 Å². The first-order valence-corrected chi connectivity index (χ1v) is 3.77. The van der Waals surface area contributed by atoms with Gasteiger partial charge in [-0.3, -0.25) is 0 Å². The van der Waals surface area contributed by atoms with E-state index in [0.717, 1.165) is 0 Å². The minimum absolute atomic E-state index is 0.342. The number of methoxy groups -OCH3 is 1. The van der Waals surface area contributed by atoms with Crippen molar-refractivity contribution in [2.24, 2.45) is 0 Å². The molecule has 0 atom stereocenters. The van der Waals surface area contributed by atoms with Crippen LogP contribution in [0.25, 0.3) is 0 Å². The number of rotatable bonds is 1. The molecule has 1 rings (SSSR count). The number of pyridine rings is 1. The van der Waals surface area contributed by atoms with Crippen molar-refractivity contribution in [3.8, 4) is 5.75 Å². The summed E-state index contributed by atoms with van der Waals surface area (Å²) in [4.78, 5) is 3.95. The molecule has 0 spiro atoms. The highest BCUT2D eigenvalue weighted by atomic mass is 35.5. The average Bonchev–Trinajstić information content (AvgIpc) is 1.97. The SMILES string of the molecule is COc1cc(Cl)c(C)nc1Cl. The van der Waals surface area contributed by atoms with Gasteiger partial charge < -0.3 is 4.74 Å². The zero-order valence-electron chi connectivity index (χ0n) is 6.19. The van der Waals surface area contributed by atoms with Crippen LogP contribution in [0.15, 0.2) is 6.07 Å². The van der Waals surface area contributed by atoms with Gasteiger partial charge in [-0.2, -0.15) is 0 Å². The standard InChI is InChI=1S/C7H7Cl2NO/c1-4-5(8)3-6(11-2)7(9)10-4/h3H,1-2H3. The van der Waals surface area contributed by atoms with Gasteiger partial charge in [-0.1, -0.05) is 23.2 Å². The normalized spacial score (nSPS) is 9.82. The Morgan fingerprint density at radius 3 is 2.64 bits per heavy atom. The first-order chi connectivity index (χ1) is 5.15. The molecule has 0 saturated heterocycles. The molecule has 2 nitrogen and oxygen atoms in total. The molecule has 0 aliphatic heterocycles. The van der Waals surface area contributed by atoms with Crippen LogP contribution in [-0.2, 0) is 0 Å². The van der Waals surface area contributed by atoms with E-state index in [1.165, 1.54) is 7.11 Å². The maximum atomic E-state index is 5.76. The van der Waals surface area contributed by atoms with Crippen LogP contribution in [0, 0.1) is 6.92 Å². The van der Waals surface area contributed by atoms with Gasteiger partial charge in [-0.05, 0) is 6.92 Å². The zero-order valence-corrected chi connectivity index (χ0v) is 7.70. The summed E-state index contributed by atoms with van der Waals surface area (Å²) in [5.74, 6) is 0.502. The van der Waals surface area contributed by atoms with E-state index >= 15 is 0 Å². The van der Waals surface area contributed by atoms with Crippen LogP contribution in [0.4, 0.5) is 0 Å². The summed E-state index contributed by atoms with van der Waals surface area (Å²) in [5.41, 5.74) is 0.706. The summed E-state index contributed by atoms with van der Waals surface area (Å²) < 4.78 is 4.90. The van der Waals surface area contributed by atoms with Crippen LogP contribution in [0.3, 0.4) is 0 Å². The van der Waals surface area contributed by atoms with Crippen LogP contribution < -0.4 is 4.74 Å². The Hall–Kier alpha value is -0.470. The van der Waals surface area contributed by atoms with Gasteiger partial charge in [-0.15, -0.1) is 0 Å². The molecule has 1 aromatic heterocycles. The number of halogens is 2. The molecule has 1 aromatic rings. The third kappa shape index (κ3) is 1.76. The van der Waals surface area contributed by atoms with E-state index in [0.29, 0.717) is 21.6 Å². The second-order valence-electron chi connectivity index (χ2n) is 2.05.